The van der Waals surface area contributed by atoms with E-state index in [1.165, 1.54) is 32.0 Å². The Labute approximate surface area is 130 Å². The van der Waals surface area contributed by atoms with Crippen molar-refractivity contribution in [2.45, 2.75) is 26.3 Å². The molecule has 5 nitrogen and oxygen atoms in total. The highest BCUT2D eigenvalue weighted by Gasteiger charge is 2.17. The zero-order chi connectivity index (χ0) is 15.2. The number of non-ortho nitro benzene ring substituents is 1. The second kappa shape index (κ2) is 7.73. The van der Waals surface area contributed by atoms with E-state index in [4.69, 9.17) is 11.6 Å². The molecule has 0 radical (unpaired) electrons. The van der Waals surface area contributed by atoms with Crippen LogP contribution in [0.1, 0.15) is 25.3 Å². The molecule has 0 aromatic heterocycles. The number of nitro benzene ring substituents is 1. The van der Waals surface area contributed by atoms with Gasteiger partial charge in [0.25, 0.3) is 5.69 Å². The monoisotopic (exact) mass is 311 g/mol. The van der Waals surface area contributed by atoms with Gasteiger partial charge in [-0.2, -0.15) is 0 Å². The summed E-state index contributed by atoms with van der Waals surface area (Å²) < 4.78 is 0. The lowest BCUT2D eigenvalue weighted by Crippen LogP contribution is -2.36. The number of benzene rings is 1. The predicted octanol–water partition coefficient (Wildman–Crippen LogP) is 3.07. The molecule has 116 valence electrons. The van der Waals surface area contributed by atoms with Gasteiger partial charge in [-0.1, -0.05) is 18.5 Å². The number of hydrogen-bond donors (Lipinski definition) is 1. The summed E-state index contributed by atoms with van der Waals surface area (Å²) in [4.78, 5) is 12.9. The Bertz CT molecular complexity index is 488. The molecule has 0 amide bonds. The van der Waals surface area contributed by atoms with E-state index in [0.29, 0.717) is 17.5 Å². The Kier molecular flexibility index (Phi) is 5.96. The van der Waals surface area contributed by atoms with Crippen LogP contribution in [0.5, 0.6) is 0 Å². The molecule has 21 heavy (non-hydrogen) atoms. The maximum Gasteiger partial charge on any atom is 0.269 e. The normalized spacial score (nSPS) is 17.0. The number of likely N-dealkylation sites (tertiary alicyclic amines) is 1. The summed E-state index contributed by atoms with van der Waals surface area (Å²) in [6.45, 7) is 7.18. The van der Waals surface area contributed by atoms with Crippen molar-refractivity contribution < 1.29 is 4.92 Å². The van der Waals surface area contributed by atoms with Gasteiger partial charge >= 0.3 is 0 Å². The van der Waals surface area contributed by atoms with Gasteiger partial charge in [0.1, 0.15) is 0 Å². The van der Waals surface area contributed by atoms with Crippen molar-refractivity contribution in [3.05, 3.63) is 38.9 Å². The standard InChI is InChI=1S/C15H22ClN3O2/c1-2-18-7-5-12(6-8-18)10-17-11-13-9-14(19(20)21)3-4-15(13)16/h3-4,9,12,17H,2,5-8,10-11H2,1H3. The molecular weight excluding hydrogens is 290 g/mol. The summed E-state index contributed by atoms with van der Waals surface area (Å²) in [6.07, 6.45) is 2.42. The average molecular weight is 312 g/mol. The summed E-state index contributed by atoms with van der Waals surface area (Å²) in [7, 11) is 0. The highest BCUT2D eigenvalue weighted by Crippen LogP contribution is 2.22. The van der Waals surface area contributed by atoms with Crippen LogP contribution in [-0.4, -0.2) is 36.0 Å². The van der Waals surface area contributed by atoms with Crippen LogP contribution in [0.4, 0.5) is 5.69 Å². The second-order valence-corrected chi connectivity index (χ2v) is 5.95. The zero-order valence-corrected chi connectivity index (χ0v) is 13.1. The first kappa shape index (κ1) is 16.2. The second-order valence-electron chi connectivity index (χ2n) is 5.54. The minimum absolute atomic E-state index is 0.0902. The van der Waals surface area contributed by atoms with Gasteiger partial charge in [0.2, 0.25) is 0 Å². The van der Waals surface area contributed by atoms with E-state index < -0.39 is 0 Å². The van der Waals surface area contributed by atoms with Gasteiger partial charge in [-0.25, -0.2) is 0 Å². The highest BCUT2D eigenvalue weighted by atomic mass is 35.5. The summed E-state index contributed by atoms with van der Waals surface area (Å²) in [5.74, 6) is 0.685. The van der Waals surface area contributed by atoms with Crippen LogP contribution >= 0.6 is 11.6 Å². The largest absolute Gasteiger partial charge is 0.312 e. The van der Waals surface area contributed by atoms with Gasteiger partial charge in [-0.15, -0.1) is 0 Å². The van der Waals surface area contributed by atoms with Crippen molar-refractivity contribution in [1.82, 2.24) is 10.2 Å². The van der Waals surface area contributed by atoms with Crippen LogP contribution in [-0.2, 0) is 6.54 Å². The molecule has 0 atom stereocenters. The van der Waals surface area contributed by atoms with E-state index in [-0.39, 0.29) is 10.6 Å². The maximum atomic E-state index is 10.8. The van der Waals surface area contributed by atoms with E-state index in [1.54, 1.807) is 12.1 Å². The average Bonchev–Trinajstić information content (AvgIpc) is 2.49. The molecule has 0 aliphatic carbocycles. The Morgan fingerprint density at radius 2 is 2.14 bits per heavy atom. The SMILES string of the molecule is CCN1CCC(CNCc2cc([N+](=O)[O-])ccc2Cl)CC1. The van der Waals surface area contributed by atoms with Crippen LogP contribution < -0.4 is 5.32 Å². The predicted molar refractivity (Wildman–Crippen MR) is 84.7 cm³/mol. The van der Waals surface area contributed by atoms with Crippen LogP contribution in [0.2, 0.25) is 5.02 Å². The van der Waals surface area contributed by atoms with Gasteiger partial charge in [0, 0.05) is 23.7 Å². The van der Waals surface area contributed by atoms with E-state index >= 15 is 0 Å². The minimum atomic E-state index is -0.389. The highest BCUT2D eigenvalue weighted by molar-refractivity contribution is 6.31. The molecular formula is C15H22ClN3O2. The molecule has 1 saturated heterocycles. The Morgan fingerprint density at radius 3 is 2.76 bits per heavy atom. The third-order valence-corrected chi connectivity index (χ3v) is 4.51. The molecule has 1 aromatic rings. The number of hydrogen-bond acceptors (Lipinski definition) is 4. The lowest BCUT2D eigenvalue weighted by atomic mass is 9.97. The van der Waals surface area contributed by atoms with Crippen LogP contribution in [0.15, 0.2) is 18.2 Å². The van der Waals surface area contributed by atoms with Crippen molar-refractivity contribution in [2.24, 2.45) is 5.92 Å². The fraction of sp³-hybridized carbons (Fsp3) is 0.600. The van der Waals surface area contributed by atoms with Crippen molar-refractivity contribution in [3.8, 4) is 0 Å². The number of halogens is 1. The molecule has 1 aliphatic rings. The number of nitrogens with one attached hydrogen (secondary N) is 1. The van der Waals surface area contributed by atoms with Crippen molar-refractivity contribution in [1.29, 1.82) is 0 Å². The molecule has 0 unspecified atom stereocenters. The molecule has 0 bridgehead atoms. The van der Waals surface area contributed by atoms with E-state index in [9.17, 15) is 10.1 Å². The Balaban J connectivity index is 1.81. The fourth-order valence-electron chi connectivity index (χ4n) is 2.73. The molecule has 6 heteroatoms. The smallest absolute Gasteiger partial charge is 0.269 e. The minimum Gasteiger partial charge on any atom is -0.312 e. The van der Waals surface area contributed by atoms with Crippen molar-refractivity contribution >= 4 is 17.3 Å². The first-order valence-corrected chi connectivity index (χ1v) is 7.83. The molecule has 0 spiro atoms. The van der Waals surface area contributed by atoms with E-state index in [2.05, 4.69) is 17.1 Å². The molecule has 1 aromatic carbocycles. The zero-order valence-electron chi connectivity index (χ0n) is 12.3. The van der Waals surface area contributed by atoms with Crippen LogP contribution in [0.25, 0.3) is 0 Å². The number of piperidine rings is 1. The lowest BCUT2D eigenvalue weighted by molar-refractivity contribution is -0.384. The van der Waals surface area contributed by atoms with Gasteiger partial charge in [0.15, 0.2) is 0 Å². The summed E-state index contributed by atoms with van der Waals surface area (Å²) in [6, 6.07) is 4.58. The lowest BCUT2D eigenvalue weighted by Gasteiger charge is -2.31. The molecule has 1 fully saturated rings. The first-order valence-electron chi connectivity index (χ1n) is 7.46. The molecule has 2 rings (SSSR count). The fourth-order valence-corrected chi connectivity index (χ4v) is 2.91. The van der Waals surface area contributed by atoms with Gasteiger partial charge < -0.3 is 10.2 Å². The topological polar surface area (TPSA) is 58.4 Å². The van der Waals surface area contributed by atoms with E-state index in [0.717, 1.165) is 18.7 Å². The number of nitrogens with zero attached hydrogens (tertiary/aromatic N) is 2. The number of rotatable bonds is 6. The molecule has 0 saturated carbocycles. The third-order valence-electron chi connectivity index (χ3n) is 4.14. The van der Waals surface area contributed by atoms with Gasteiger partial charge in [0.05, 0.1) is 4.92 Å². The molecule has 1 N–H and O–H groups in total. The first-order chi connectivity index (χ1) is 10.1. The van der Waals surface area contributed by atoms with Gasteiger partial charge in [-0.05, 0) is 56.6 Å². The van der Waals surface area contributed by atoms with Crippen molar-refractivity contribution in [3.63, 3.8) is 0 Å². The molecule has 1 aliphatic heterocycles. The summed E-state index contributed by atoms with van der Waals surface area (Å²) in [5.41, 5.74) is 0.879. The van der Waals surface area contributed by atoms with Gasteiger partial charge in [-0.3, -0.25) is 10.1 Å². The molecule has 1 heterocycles. The van der Waals surface area contributed by atoms with E-state index in [1.807, 2.05) is 0 Å². The summed E-state index contributed by atoms with van der Waals surface area (Å²) >= 11 is 6.09. The number of nitro groups is 1. The van der Waals surface area contributed by atoms with Crippen molar-refractivity contribution in [2.75, 3.05) is 26.2 Å². The Morgan fingerprint density at radius 1 is 1.43 bits per heavy atom. The summed E-state index contributed by atoms with van der Waals surface area (Å²) in [5, 5.41) is 14.7. The third kappa shape index (κ3) is 4.66. The maximum absolute atomic E-state index is 10.8. The quantitative estimate of drug-likeness (QED) is 0.648. The van der Waals surface area contributed by atoms with Crippen LogP contribution in [0, 0.1) is 16.0 Å². The Hall–Kier alpha value is -1.17. The van der Waals surface area contributed by atoms with Crippen LogP contribution in [0.3, 0.4) is 0 Å².